The van der Waals surface area contributed by atoms with E-state index in [0.29, 0.717) is 17.8 Å². The molecule has 0 spiro atoms. The molecule has 0 saturated heterocycles. The molecule has 2 bridgehead atoms. The fourth-order valence-corrected chi connectivity index (χ4v) is 3.74. The molecule has 0 heterocycles. The van der Waals surface area contributed by atoms with Gasteiger partial charge in [-0.1, -0.05) is 13.8 Å². The van der Waals surface area contributed by atoms with Gasteiger partial charge in [-0.2, -0.15) is 0 Å². The van der Waals surface area contributed by atoms with Gasteiger partial charge in [0.1, 0.15) is 0 Å². The van der Waals surface area contributed by atoms with E-state index in [2.05, 4.69) is 6.92 Å². The summed E-state index contributed by atoms with van der Waals surface area (Å²) >= 11 is 0. The van der Waals surface area contributed by atoms with Crippen molar-refractivity contribution in [1.29, 1.82) is 0 Å². The molecule has 2 aliphatic carbocycles. The second-order valence-electron chi connectivity index (χ2n) is 5.92. The molecule has 3 heteroatoms. The highest BCUT2D eigenvalue weighted by Crippen LogP contribution is 2.46. The maximum Gasteiger partial charge on any atom is 0.306 e. The number of carbonyl (C=O) groups is 1. The fourth-order valence-electron chi connectivity index (χ4n) is 3.74. The van der Waals surface area contributed by atoms with Gasteiger partial charge in [0.05, 0.1) is 12.0 Å². The van der Waals surface area contributed by atoms with Gasteiger partial charge >= 0.3 is 5.97 Å². The SMILES string of the molecule is CC1CC2CC(C(C)C(=O)O)CC(C2)C1O. The lowest BCUT2D eigenvalue weighted by molar-refractivity contribution is -0.145. The van der Waals surface area contributed by atoms with Crippen molar-refractivity contribution in [2.24, 2.45) is 29.6 Å². The molecule has 0 amide bonds. The predicted molar refractivity (Wildman–Crippen MR) is 60.9 cm³/mol. The van der Waals surface area contributed by atoms with Crippen molar-refractivity contribution in [2.45, 2.75) is 45.6 Å². The summed E-state index contributed by atoms with van der Waals surface area (Å²) < 4.78 is 0. The zero-order valence-corrected chi connectivity index (χ0v) is 10.1. The lowest BCUT2D eigenvalue weighted by Gasteiger charge is -2.45. The van der Waals surface area contributed by atoms with Crippen LogP contribution in [0.15, 0.2) is 0 Å². The first kappa shape index (κ1) is 11.9. The van der Waals surface area contributed by atoms with Crippen molar-refractivity contribution in [3.63, 3.8) is 0 Å². The predicted octanol–water partition coefficient (Wildman–Crippen LogP) is 2.14. The molecular weight excluding hydrogens is 204 g/mol. The lowest BCUT2D eigenvalue weighted by Crippen LogP contribution is -2.42. The van der Waals surface area contributed by atoms with E-state index in [1.807, 2.05) is 6.92 Å². The van der Waals surface area contributed by atoms with E-state index in [1.54, 1.807) is 0 Å². The minimum absolute atomic E-state index is 0.208. The molecule has 3 nitrogen and oxygen atoms in total. The second kappa shape index (κ2) is 4.36. The molecule has 6 atom stereocenters. The number of carboxylic acid groups (broad SMARTS) is 1. The van der Waals surface area contributed by atoms with Crippen molar-refractivity contribution in [3.05, 3.63) is 0 Å². The summed E-state index contributed by atoms with van der Waals surface area (Å²) in [5, 5.41) is 19.1. The Balaban J connectivity index is 2.05. The molecule has 6 unspecified atom stereocenters. The van der Waals surface area contributed by atoms with Crippen LogP contribution in [0, 0.1) is 29.6 Å². The van der Waals surface area contributed by atoms with Crippen molar-refractivity contribution >= 4 is 5.97 Å². The summed E-state index contributed by atoms with van der Waals surface area (Å²) in [4.78, 5) is 11.0. The first-order valence-corrected chi connectivity index (χ1v) is 6.40. The van der Waals surface area contributed by atoms with Crippen molar-refractivity contribution in [3.8, 4) is 0 Å². The molecule has 92 valence electrons. The van der Waals surface area contributed by atoms with Gasteiger partial charge in [0.15, 0.2) is 0 Å². The molecule has 2 fully saturated rings. The quantitative estimate of drug-likeness (QED) is 0.758. The number of aliphatic hydroxyl groups excluding tert-OH is 1. The molecule has 0 aromatic carbocycles. The summed E-state index contributed by atoms with van der Waals surface area (Å²) in [6, 6.07) is 0. The van der Waals surface area contributed by atoms with Crippen LogP contribution >= 0.6 is 0 Å². The average molecular weight is 226 g/mol. The number of hydrogen-bond acceptors (Lipinski definition) is 2. The van der Waals surface area contributed by atoms with Crippen molar-refractivity contribution in [1.82, 2.24) is 0 Å². The van der Waals surface area contributed by atoms with E-state index < -0.39 is 5.97 Å². The number of hydrogen-bond donors (Lipinski definition) is 2. The van der Waals surface area contributed by atoms with Crippen LogP contribution in [0.1, 0.15) is 39.5 Å². The lowest BCUT2D eigenvalue weighted by atomic mass is 9.61. The Morgan fingerprint density at radius 2 is 1.94 bits per heavy atom. The van der Waals surface area contributed by atoms with E-state index >= 15 is 0 Å². The summed E-state index contributed by atoms with van der Waals surface area (Å²) in [6.45, 7) is 3.93. The standard InChI is InChI=1S/C13H22O3/c1-7-3-9-4-10(8(2)13(15)16)6-11(5-9)12(7)14/h7-12,14H,3-6H2,1-2H3,(H,15,16). The molecule has 2 saturated carbocycles. The van der Waals surface area contributed by atoms with Gasteiger partial charge in [0, 0.05) is 0 Å². The smallest absolute Gasteiger partial charge is 0.306 e. The van der Waals surface area contributed by atoms with Crippen molar-refractivity contribution < 1.29 is 15.0 Å². The van der Waals surface area contributed by atoms with Crippen LogP contribution in [-0.2, 0) is 4.79 Å². The maximum atomic E-state index is 11.0. The Hall–Kier alpha value is -0.570. The highest BCUT2D eigenvalue weighted by molar-refractivity contribution is 5.69. The zero-order valence-electron chi connectivity index (χ0n) is 10.1. The third-order valence-electron chi connectivity index (χ3n) is 4.75. The first-order chi connectivity index (χ1) is 7.49. The van der Waals surface area contributed by atoms with Crippen LogP contribution in [0.4, 0.5) is 0 Å². The van der Waals surface area contributed by atoms with Crippen LogP contribution in [0.5, 0.6) is 0 Å². The number of rotatable bonds is 2. The second-order valence-corrected chi connectivity index (χ2v) is 5.92. The molecule has 0 aromatic heterocycles. The molecule has 2 rings (SSSR count). The minimum atomic E-state index is -0.687. The van der Waals surface area contributed by atoms with E-state index in [4.69, 9.17) is 5.11 Å². The van der Waals surface area contributed by atoms with Crippen LogP contribution in [-0.4, -0.2) is 22.3 Å². The average Bonchev–Trinajstić information content (AvgIpc) is 2.24. The monoisotopic (exact) mass is 226 g/mol. The highest BCUT2D eigenvalue weighted by atomic mass is 16.4. The van der Waals surface area contributed by atoms with Gasteiger partial charge in [0.25, 0.3) is 0 Å². The number of carboxylic acids is 1. The molecular formula is C13H22O3. The molecule has 0 radical (unpaired) electrons. The van der Waals surface area contributed by atoms with Gasteiger partial charge in [-0.15, -0.1) is 0 Å². The summed E-state index contributed by atoms with van der Waals surface area (Å²) in [6.07, 6.45) is 3.91. The normalized spacial score (nSPS) is 45.1. The zero-order chi connectivity index (χ0) is 11.9. The molecule has 0 aliphatic heterocycles. The van der Waals surface area contributed by atoms with Gasteiger partial charge in [-0.3, -0.25) is 4.79 Å². The van der Waals surface area contributed by atoms with E-state index in [0.717, 1.165) is 25.7 Å². The Labute approximate surface area is 96.9 Å². The topological polar surface area (TPSA) is 57.5 Å². The van der Waals surface area contributed by atoms with E-state index in [-0.39, 0.29) is 17.9 Å². The van der Waals surface area contributed by atoms with Crippen LogP contribution < -0.4 is 0 Å². The van der Waals surface area contributed by atoms with Crippen LogP contribution in [0.3, 0.4) is 0 Å². The Morgan fingerprint density at radius 3 is 2.56 bits per heavy atom. The third kappa shape index (κ3) is 2.10. The third-order valence-corrected chi connectivity index (χ3v) is 4.75. The molecule has 0 aromatic rings. The molecule has 2 aliphatic rings. The largest absolute Gasteiger partial charge is 0.481 e. The first-order valence-electron chi connectivity index (χ1n) is 6.40. The molecule has 2 N–H and O–H groups in total. The van der Waals surface area contributed by atoms with Gasteiger partial charge < -0.3 is 10.2 Å². The van der Waals surface area contributed by atoms with Gasteiger partial charge in [-0.05, 0) is 49.4 Å². The van der Waals surface area contributed by atoms with E-state index in [1.165, 1.54) is 0 Å². The number of aliphatic hydroxyl groups is 1. The molecule has 16 heavy (non-hydrogen) atoms. The van der Waals surface area contributed by atoms with E-state index in [9.17, 15) is 9.90 Å². The number of aliphatic carboxylic acids is 1. The fraction of sp³-hybridized carbons (Fsp3) is 0.923. The minimum Gasteiger partial charge on any atom is -0.481 e. The summed E-state index contributed by atoms with van der Waals surface area (Å²) in [7, 11) is 0. The number of fused-ring (bicyclic) bond motifs is 2. The van der Waals surface area contributed by atoms with Gasteiger partial charge in [-0.25, -0.2) is 0 Å². The van der Waals surface area contributed by atoms with Crippen molar-refractivity contribution in [2.75, 3.05) is 0 Å². The Morgan fingerprint density at radius 1 is 1.25 bits per heavy atom. The van der Waals surface area contributed by atoms with Gasteiger partial charge in [0.2, 0.25) is 0 Å². The van der Waals surface area contributed by atoms with Crippen LogP contribution in [0.2, 0.25) is 0 Å². The maximum absolute atomic E-state index is 11.0. The summed E-state index contributed by atoms with van der Waals surface area (Å²) in [5.41, 5.74) is 0. The Kier molecular flexibility index (Phi) is 3.24. The highest BCUT2D eigenvalue weighted by Gasteiger charge is 2.42. The Bertz CT molecular complexity index is 274. The van der Waals surface area contributed by atoms with Crippen LogP contribution in [0.25, 0.3) is 0 Å². The summed E-state index contributed by atoms with van der Waals surface area (Å²) in [5.74, 6) is 0.699.